The summed E-state index contributed by atoms with van der Waals surface area (Å²) in [6, 6.07) is 18.4. The van der Waals surface area contributed by atoms with Crippen LogP contribution in [0.3, 0.4) is 0 Å². The van der Waals surface area contributed by atoms with Crippen LogP contribution in [0.5, 0.6) is 11.5 Å². The lowest BCUT2D eigenvalue weighted by molar-refractivity contribution is -0.140. The first-order valence-electron chi connectivity index (χ1n) is 15.5. The van der Waals surface area contributed by atoms with Crippen LogP contribution in [0.15, 0.2) is 71.6 Å². The van der Waals surface area contributed by atoms with Crippen molar-refractivity contribution in [2.75, 3.05) is 25.1 Å². The number of benzene rings is 3. The van der Waals surface area contributed by atoms with Crippen LogP contribution >= 0.6 is 0 Å². The Balaban J connectivity index is 1.73. The fraction of sp³-hybridized carbons (Fsp3) is 0.429. The van der Waals surface area contributed by atoms with E-state index in [-0.39, 0.29) is 29.1 Å². The molecule has 0 spiro atoms. The molecule has 3 aromatic rings. The highest BCUT2D eigenvalue weighted by Gasteiger charge is 2.34. The summed E-state index contributed by atoms with van der Waals surface area (Å²) >= 11 is 0. The van der Waals surface area contributed by atoms with Gasteiger partial charge in [0.25, 0.3) is 10.0 Å². The molecule has 0 aliphatic heterocycles. The van der Waals surface area contributed by atoms with E-state index in [9.17, 15) is 18.0 Å². The third-order valence-corrected chi connectivity index (χ3v) is 10.1. The molecule has 1 aliphatic carbocycles. The van der Waals surface area contributed by atoms with Crippen LogP contribution in [0, 0.1) is 13.8 Å². The Labute approximate surface area is 267 Å². The van der Waals surface area contributed by atoms with Gasteiger partial charge >= 0.3 is 0 Å². The van der Waals surface area contributed by atoms with Crippen molar-refractivity contribution in [2.45, 2.75) is 82.8 Å². The zero-order valence-corrected chi connectivity index (χ0v) is 27.7. The maximum absolute atomic E-state index is 14.4. The SMILES string of the molecule is CCC(C(=O)NC1CCCCC1)N(Cc1ccc(C)cc1)C(=O)CN(c1ccc(C)cc1)S(=O)(=O)c1ccc(OC)c(OC)c1. The lowest BCUT2D eigenvalue weighted by Gasteiger charge is -2.34. The van der Waals surface area contributed by atoms with Gasteiger partial charge in [0.1, 0.15) is 12.6 Å². The molecule has 10 heteroatoms. The van der Waals surface area contributed by atoms with Crippen molar-refractivity contribution in [3.63, 3.8) is 0 Å². The molecule has 1 N–H and O–H groups in total. The van der Waals surface area contributed by atoms with Gasteiger partial charge in [0, 0.05) is 18.7 Å². The molecule has 2 amide bonds. The molecule has 242 valence electrons. The molecule has 3 aromatic carbocycles. The maximum atomic E-state index is 14.4. The molecule has 0 bridgehead atoms. The Morgan fingerprint density at radius 1 is 0.867 bits per heavy atom. The molecular formula is C35H45N3O6S. The van der Waals surface area contributed by atoms with Gasteiger partial charge in [-0.25, -0.2) is 8.42 Å². The lowest BCUT2D eigenvalue weighted by Crippen LogP contribution is -2.54. The van der Waals surface area contributed by atoms with E-state index in [2.05, 4.69) is 5.32 Å². The van der Waals surface area contributed by atoms with Gasteiger partial charge in [-0.15, -0.1) is 0 Å². The Morgan fingerprint density at radius 2 is 1.47 bits per heavy atom. The second-order valence-corrected chi connectivity index (χ2v) is 13.5. The summed E-state index contributed by atoms with van der Waals surface area (Å²) in [4.78, 5) is 29.5. The van der Waals surface area contributed by atoms with Gasteiger partial charge in [-0.2, -0.15) is 0 Å². The molecule has 9 nitrogen and oxygen atoms in total. The molecule has 45 heavy (non-hydrogen) atoms. The monoisotopic (exact) mass is 635 g/mol. The van der Waals surface area contributed by atoms with Crippen molar-refractivity contribution >= 4 is 27.5 Å². The number of sulfonamides is 1. The Bertz CT molecular complexity index is 1550. The molecule has 1 atom stereocenters. The minimum absolute atomic E-state index is 0.0549. The quantitative estimate of drug-likeness (QED) is 0.256. The van der Waals surface area contributed by atoms with Crippen LogP contribution in [0.25, 0.3) is 0 Å². The average Bonchev–Trinajstić information content (AvgIpc) is 3.04. The number of nitrogens with zero attached hydrogens (tertiary/aromatic N) is 2. The normalized spacial score (nSPS) is 14.3. The predicted octanol–water partition coefficient (Wildman–Crippen LogP) is 5.77. The number of anilines is 1. The van der Waals surface area contributed by atoms with Crippen molar-refractivity contribution in [3.8, 4) is 11.5 Å². The van der Waals surface area contributed by atoms with Crippen LogP contribution < -0.4 is 19.1 Å². The highest BCUT2D eigenvalue weighted by molar-refractivity contribution is 7.92. The van der Waals surface area contributed by atoms with Gasteiger partial charge < -0.3 is 19.7 Å². The molecule has 1 unspecified atom stereocenters. The first-order chi connectivity index (χ1) is 21.6. The maximum Gasteiger partial charge on any atom is 0.264 e. The number of nitrogens with one attached hydrogen (secondary N) is 1. The number of carbonyl (C=O) groups is 2. The average molecular weight is 636 g/mol. The first-order valence-corrected chi connectivity index (χ1v) is 17.0. The number of carbonyl (C=O) groups excluding carboxylic acids is 2. The number of aryl methyl sites for hydroxylation is 2. The van der Waals surface area contributed by atoms with Crippen molar-refractivity contribution in [3.05, 3.63) is 83.4 Å². The van der Waals surface area contributed by atoms with E-state index in [4.69, 9.17) is 9.47 Å². The third kappa shape index (κ3) is 8.36. The summed E-state index contributed by atoms with van der Waals surface area (Å²) in [5.74, 6) is -0.0611. The zero-order chi connectivity index (χ0) is 32.6. The minimum Gasteiger partial charge on any atom is -0.493 e. The summed E-state index contributed by atoms with van der Waals surface area (Å²) in [6.07, 6.45) is 5.49. The molecule has 0 heterocycles. The number of methoxy groups -OCH3 is 2. The number of hydrogen-bond donors (Lipinski definition) is 1. The molecule has 0 saturated heterocycles. The van der Waals surface area contributed by atoms with Gasteiger partial charge in [-0.05, 0) is 62.9 Å². The van der Waals surface area contributed by atoms with Crippen molar-refractivity contribution in [1.82, 2.24) is 10.2 Å². The second-order valence-electron chi connectivity index (χ2n) is 11.6. The van der Waals surface area contributed by atoms with Crippen molar-refractivity contribution in [2.24, 2.45) is 0 Å². The summed E-state index contributed by atoms with van der Waals surface area (Å²) in [6.45, 7) is 5.42. The topological polar surface area (TPSA) is 105 Å². The number of ether oxygens (including phenoxy) is 2. The second kappa shape index (κ2) is 15.3. The molecule has 0 radical (unpaired) electrons. The van der Waals surface area contributed by atoms with Gasteiger partial charge in [0.05, 0.1) is 24.8 Å². The van der Waals surface area contributed by atoms with Gasteiger partial charge in [0.2, 0.25) is 11.8 Å². The van der Waals surface area contributed by atoms with E-state index < -0.39 is 28.5 Å². The van der Waals surface area contributed by atoms with Gasteiger partial charge in [-0.3, -0.25) is 13.9 Å². The summed E-state index contributed by atoms with van der Waals surface area (Å²) < 4.78 is 40.3. The summed E-state index contributed by atoms with van der Waals surface area (Å²) in [5, 5.41) is 3.18. The van der Waals surface area contributed by atoms with E-state index in [1.807, 2.05) is 45.0 Å². The van der Waals surface area contributed by atoms with Crippen LogP contribution in [0.1, 0.15) is 62.1 Å². The Kier molecular flexibility index (Phi) is 11.5. The van der Waals surface area contributed by atoms with Crippen LogP contribution in [-0.4, -0.2) is 58.0 Å². The van der Waals surface area contributed by atoms with E-state index >= 15 is 0 Å². The minimum atomic E-state index is -4.26. The smallest absolute Gasteiger partial charge is 0.264 e. The lowest BCUT2D eigenvalue weighted by atomic mass is 9.95. The molecule has 1 fully saturated rings. The number of rotatable bonds is 13. The van der Waals surface area contributed by atoms with E-state index in [0.717, 1.165) is 53.1 Å². The van der Waals surface area contributed by atoms with E-state index in [0.29, 0.717) is 17.9 Å². The largest absolute Gasteiger partial charge is 0.493 e. The highest BCUT2D eigenvalue weighted by Crippen LogP contribution is 2.32. The van der Waals surface area contributed by atoms with Crippen molar-refractivity contribution in [1.29, 1.82) is 0 Å². The standard InChI is InChI=1S/C35H45N3O6S/c1-6-31(35(40)36-28-10-8-7-9-11-28)37(23-27-16-12-25(2)13-17-27)34(39)24-38(29-18-14-26(3)15-19-29)45(41,42)30-20-21-32(43-4)33(22-30)44-5/h12-22,28,31H,6-11,23-24H2,1-5H3,(H,36,40). The number of amides is 2. The fourth-order valence-electron chi connectivity index (χ4n) is 5.70. The predicted molar refractivity (Wildman–Crippen MR) is 176 cm³/mol. The van der Waals surface area contributed by atoms with Crippen LogP contribution in [0.4, 0.5) is 5.69 Å². The molecular weight excluding hydrogens is 590 g/mol. The van der Waals surface area contributed by atoms with E-state index in [1.54, 1.807) is 24.3 Å². The Morgan fingerprint density at radius 3 is 2.04 bits per heavy atom. The van der Waals surface area contributed by atoms with Crippen LogP contribution in [0.2, 0.25) is 0 Å². The molecule has 1 saturated carbocycles. The molecule has 0 aromatic heterocycles. The third-order valence-electron chi connectivity index (χ3n) is 8.35. The number of hydrogen-bond acceptors (Lipinski definition) is 6. The van der Waals surface area contributed by atoms with Gasteiger partial charge in [-0.1, -0.05) is 73.7 Å². The highest BCUT2D eigenvalue weighted by atomic mass is 32.2. The first kappa shape index (κ1) is 33.8. The molecule has 4 rings (SSSR count). The van der Waals surface area contributed by atoms with E-state index in [1.165, 1.54) is 37.3 Å². The molecule has 1 aliphatic rings. The summed E-state index contributed by atoms with van der Waals surface area (Å²) in [5.41, 5.74) is 3.20. The zero-order valence-electron chi connectivity index (χ0n) is 26.9. The van der Waals surface area contributed by atoms with Gasteiger partial charge in [0.15, 0.2) is 11.5 Å². The summed E-state index contributed by atoms with van der Waals surface area (Å²) in [7, 11) is -1.35. The fourth-order valence-corrected chi connectivity index (χ4v) is 7.13. The van der Waals surface area contributed by atoms with Crippen LogP contribution in [-0.2, 0) is 26.2 Å². The van der Waals surface area contributed by atoms with Crippen molar-refractivity contribution < 1.29 is 27.5 Å². The Hall–Kier alpha value is -4.05.